The molecule has 26 heavy (non-hydrogen) atoms. The van der Waals surface area contributed by atoms with E-state index in [4.69, 9.17) is 11.6 Å². The minimum absolute atomic E-state index is 0.183. The van der Waals surface area contributed by atoms with E-state index >= 15 is 0 Å². The molecular formula is C19H12ClN3O2S. The van der Waals surface area contributed by atoms with Gasteiger partial charge in [0.1, 0.15) is 17.0 Å². The molecule has 0 atom stereocenters. The summed E-state index contributed by atoms with van der Waals surface area (Å²) in [6.07, 6.45) is 1.47. The Morgan fingerprint density at radius 3 is 2.62 bits per heavy atom. The summed E-state index contributed by atoms with van der Waals surface area (Å²) in [7, 11) is 0. The predicted octanol–water partition coefficient (Wildman–Crippen LogP) is 5.45. The Morgan fingerprint density at radius 1 is 1.08 bits per heavy atom. The zero-order chi connectivity index (χ0) is 18.1. The highest BCUT2D eigenvalue weighted by atomic mass is 35.5. The van der Waals surface area contributed by atoms with E-state index in [2.05, 4.69) is 15.3 Å². The number of nitrogens with one attached hydrogen (secondary N) is 1. The third-order valence-electron chi connectivity index (χ3n) is 3.94. The Kier molecular flexibility index (Phi) is 4.28. The third-order valence-corrected chi connectivity index (χ3v) is 5.07. The van der Waals surface area contributed by atoms with Crippen molar-refractivity contribution in [2.75, 3.05) is 5.32 Å². The molecule has 0 spiro atoms. The number of carbonyl (C=O) groups is 1. The maximum absolute atomic E-state index is 11.5. The lowest BCUT2D eigenvalue weighted by molar-refractivity contribution is 0.0698. The highest BCUT2D eigenvalue weighted by molar-refractivity contribution is 7.17. The molecule has 2 N–H and O–H groups in total. The van der Waals surface area contributed by atoms with Gasteiger partial charge in [0.25, 0.3) is 0 Å². The molecule has 0 bridgehead atoms. The maximum Gasteiger partial charge on any atom is 0.337 e. The summed E-state index contributed by atoms with van der Waals surface area (Å²) in [6.45, 7) is 0. The van der Waals surface area contributed by atoms with Gasteiger partial charge in [0, 0.05) is 16.0 Å². The standard InChI is InChI=1S/C19H12ClN3O2S/c20-12-7-5-11(6-8-12)14-9-26-18-16(14)17(21-10-22-18)23-15-4-2-1-3-13(15)19(24)25/h1-10H,(H,24,25)(H,21,22,23). The van der Waals surface area contributed by atoms with Gasteiger partial charge in [-0.3, -0.25) is 0 Å². The first-order chi connectivity index (χ1) is 12.6. The van der Waals surface area contributed by atoms with Crippen molar-refractivity contribution in [3.8, 4) is 11.1 Å². The fourth-order valence-electron chi connectivity index (χ4n) is 2.72. The van der Waals surface area contributed by atoms with Crippen LogP contribution >= 0.6 is 22.9 Å². The molecule has 5 nitrogen and oxygen atoms in total. The monoisotopic (exact) mass is 381 g/mol. The van der Waals surface area contributed by atoms with Crippen LogP contribution in [0.2, 0.25) is 5.02 Å². The summed E-state index contributed by atoms with van der Waals surface area (Å²) < 4.78 is 0. The number of nitrogens with zero attached hydrogens (tertiary/aromatic N) is 2. The molecule has 0 saturated heterocycles. The molecule has 7 heteroatoms. The van der Waals surface area contributed by atoms with Crippen LogP contribution in [0.3, 0.4) is 0 Å². The molecule has 0 saturated carbocycles. The number of aromatic nitrogens is 2. The number of para-hydroxylation sites is 1. The molecule has 0 radical (unpaired) electrons. The van der Waals surface area contributed by atoms with Gasteiger partial charge in [-0.15, -0.1) is 11.3 Å². The van der Waals surface area contributed by atoms with Gasteiger partial charge >= 0.3 is 5.97 Å². The van der Waals surface area contributed by atoms with E-state index in [1.165, 1.54) is 17.7 Å². The van der Waals surface area contributed by atoms with Crippen molar-refractivity contribution in [2.24, 2.45) is 0 Å². The minimum atomic E-state index is -0.998. The second-order valence-corrected chi connectivity index (χ2v) is 6.83. The van der Waals surface area contributed by atoms with Gasteiger partial charge in [-0.1, -0.05) is 35.9 Å². The fraction of sp³-hybridized carbons (Fsp3) is 0. The number of carboxylic acids is 1. The zero-order valence-corrected chi connectivity index (χ0v) is 14.9. The molecule has 0 aliphatic rings. The van der Waals surface area contributed by atoms with Crippen molar-refractivity contribution in [3.63, 3.8) is 0 Å². The summed E-state index contributed by atoms with van der Waals surface area (Å²) in [6, 6.07) is 14.3. The number of fused-ring (bicyclic) bond motifs is 1. The summed E-state index contributed by atoms with van der Waals surface area (Å²) in [5.74, 6) is -0.434. The van der Waals surface area contributed by atoms with E-state index in [-0.39, 0.29) is 5.56 Å². The lowest BCUT2D eigenvalue weighted by Gasteiger charge is -2.10. The second kappa shape index (κ2) is 6.74. The van der Waals surface area contributed by atoms with Crippen LogP contribution in [0.5, 0.6) is 0 Å². The van der Waals surface area contributed by atoms with Gasteiger partial charge in [0.05, 0.1) is 16.6 Å². The van der Waals surface area contributed by atoms with Crippen LogP contribution in [0.1, 0.15) is 10.4 Å². The zero-order valence-electron chi connectivity index (χ0n) is 13.3. The molecule has 4 rings (SSSR count). The first-order valence-electron chi connectivity index (χ1n) is 7.71. The van der Waals surface area contributed by atoms with Crippen LogP contribution in [0, 0.1) is 0 Å². The lowest BCUT2D eigenvalue weighted by atomic mass is 10.1. The third kappa shape index (κ3) is 3.00. The minimum Gasteiger partial charge on any atom is -0.478 e. The van der Waals surface area contributed by atoms with Crippen LogP contribution in [-0.4, -0.2) is 21.0 Å². The first-order valence-corrected chi connectivity index (χ1v) is 8.97. The van der Waals surface area contributed by atoms with Crippen LogP contribution in [-0.2, 0) is 0 Å². The van der Waals surface area contributed by atoms with Crippen LogP contribution < -0.4 is 5.32 Å². The number of rotatable bonds is 4. The number of anilines is 2. The van der Waals surface area contributed by atoms with E-state index in [0.29, 0.717) is 16.5 Å². The van der Waals surface area contributed by atoms with Crippen molar-refractivity contribution in [3.05, 3.63) is 70.8 Å². The quantitative estimate of drug-likeness (QED) is 0.491. The predicted molar refractivity (Wildman–Crippen MR) is 105 cm³/mol. The van der Waals surface area contributed by atoms with E-state index < -0.39 is 5.97 Å². The largest absolute Gasteiger partial charge is 0.478 e. The average Bonchev–Trinajstić information content (AvgIpc) is 3.08. The number of benzene rings is 2. The van der Waals surface area contributed by atoms with Crippen LogP contribution in [0.25, 0.3) is 21.3 Å². The molecule has 128 valence electrons. The molecule has 4 aromatic rings. The highest BCUT2D eigenvalue weighted by Crippen LogP contribution is 2.38. The number of halogens is 1. The second-order valence-electron chi connectivity index (χ2n) is 5.53. The Hall–Kier alpha value is -2.96. The molecule has 0 fully saturated rings. The van der Waals surface area contributed by atoms with E-state index in [1.807, 2.05) is 29.6 Å². The van der Waals surface area contributed by atoms with Crippen molar-refractivity contribution >= 4 is 50.6 Å². The molecule has 2 heterocycles. The Bertz CT molecular complexity index is 1110. The van der Waals surface area contributed by atoms with Gasteiger partial charge in [-0.05, 0) is 29.8 Å². The Balaban J connectivity index is 1.85. The molecule has 0 amide bonds. The van der Waals surface area contributed by atoms with E-state index in [0.717, 1.165) is 21.3 Å². The number of hydrogen-bond acceptors (Lipinski definition) is 5. The van der Waals surface area contributed by atoms with E-state index in [9.17, 15) is 9.90 Å². The highest BCUT2D eigenvalue weighted by Gasteiger charge is 2.15. The summed E-state index contributed by atoms with van der Waals surface area (Å²) in [4.78, 5) is 21.0. The lowest BCUT2D eigenvalue weighted by Crippen LogP contribution is -2.03. The van der Waals surface area contributed by atoms with Crippen LogP contribution in [0.4, 0.5) is 11.5 Å². The Morgan fingerprint density at radius 2 is 1.85 bits per heavy atom. The topological polar surface area (TPSA) is 75.1 Å². The van der Waals surface area contributed by atoms with Crippen LogP contribution in [0.15, 0.2) is 60.2 Å². The smallest absolute Gasteiger partial charge is 0.337 e. The maximum atomic E-state index is 11.5. The normalized spacial score (nSPS) is 10.8. The van der Waals surface area contributed by atoms with Crippen molar-refractivity contribution in [1.29, 1.82) is 0 Å². The SMILES string of the molecule is O=C(O)c1ccccc1Nc1ncnc2scc(-c3ccc(Cl)cc3)c12. The number of hydrogen-bond donors (Lipinski definition) is 2. The molecule has 0 aliphatic heterocycles. The number of thiophene rings is 1. The fourth-order valence-corrected chi connectivity index (χ4v) is 3.76. The van der Waals surface area contributed by atoms with Crippen molar-refractivity contribution in [1.82, 2.24) is 9.97 Å². The summed E-state index contributed by atoms with van der Waals surface area (Å²) in [5, 5.41) is 16.1. The van der Waals surface area contributed by atoms with E-state index in [1.54, 1.807) is 24.3 Å². The Labute approximate surface area is 157 Å². The summed E-state index contributed by atoms with van der Waals surface area (Å²) >= 11 is 7.49. The van der Waals surface area contributed by atoms with Crippen molar-refractivity contribution in [2.45, 2.75) is 0 Å². The van der Waals surface area contributed by atoms with Gasteiger partial charge in [0.2, 0.25) is 0 Å². The van der Waals surface area contributed by atoms with Gasteiger partial charge in [-0.25, -0.2) is 14.8 Å². The molecule has 0 unspecified atom stereocenters. The average molecular weight is 382 g/mol. The molecule has 2 aromatic carbocycles. The van der Waals surface area contributed by atoms with Gasteiger partial charge in [0.15, 0.2) is 0 Å². The summed E-state index contributed by atoms with van der Waals surface area (Å²) in [5.41, 5.74) is 2.62. The van der Waals surface area contributed by atoms with Gasteiger partial charge in [-0.2, -0.15) is 0 Å². The molecular weight excluding hydrogens is 370 g/mol. The molecule has 2 aromatic heterocycles. The van der Waals surface area contributed by atoms with Gasteiger partial charge < -0.3 is 10.4 Å². The number of aromatic carboxylic acids is 1. The number of carboxylic acid groups (broad SMARTS) is 1. The first kappa shape index (κ1) is 16.5. The van der Waals surface area contributed by atoms with Crippen molar-refractivity contribution < 1.29 is 9.90 Å². The molecule has 0 aliphatic carbocycles.